The molecule has 136 valence electrons. The number of nitrogens with zero attached hydrogens (tertiary/aromatic N) is 2. The highest BCUT2D eigenvalue weighted by Gasteiger charge is 2.30. The molecular weight excluding hydrogens is 328 g/mol. The maximum atomic E-state index is 12.8. The van der Waals surface area contributed by atoms with Gasteiger partial charge in [0, 0.05) is 38.4 Å². The predicted molar refractivity (Wildman–Crippen MR) is 93.2 cm³/mol. The summed E-state index contributed by atoms with van der Waals surface area (Å²) in [4.78, 5) is 12.4. The number of carbonyl (C=O) groups is 1. The van der Waals surface area contributed by atoms with E-state index in [2.05, 4.69) is 12.2 Å². The quantitative estimate of drug-likeness (QED) is 0.819. The molecule has 0 saturated carbocycles. The van der Waals surface area contributed by atoms with E-state index in [1.165, 1.54) is 16.6 Å². The topological polar surface area (TPSA) is 97.4 Å². The molecule has 1 amide bonds. The number of piperidine rings is 1. The first-order chi connectivity index (χ1) is 11.0. The largest absolute Gasteiger partial charge is 0.349 e. The summed E-state index contributed by atoms with van der Waals surface area (Å²) < 4.78 is 28.7. The zero-order valence-electron chi connectivity index (χ0n) is 14.9. The summed E-state index contributed by atoms with van der Waals surface area (Å²) in [6, 6.07) is 1.44. The van der Waals surface area contributed by atoms with Crippen LogP contribution in [-0.2, 0) is 17.1 Å². The molecule has 1 atom stereocenters. The van der Waals surface area contributed by atoms with Gasteiger partial charge in [-0.15, -0.1) is 0 Å². The van der Waals surface area contributed by atoms with Crippen LogP contribution in [0, 0.1) is 5.92 Å². The molecule has 1 aromatic heterocycles. The van der Waals surface area contributed by atoms with E-state index >= 15 is 0 Å². The molecule has 1 fully saturated rings. The molecule has 0 bridgehead atoms. The van der Waals surface area contributed by atoms with Crippen LogP contribution in [0.1, 0.15) is 44.1 Å². The van der Waals surface area contributed by atoms with Crippen molar-refractivity contribution in [2.45, 2.75) is 44.0 Å². The first-order valence-electron chi connectivity index (χ1n) is 8.24. The van der Waals surface area contributed by atoms with Crippen molar-refractivity contribution in [3.63, 3.8) is 0 Å². The molecule has 0 aliphatic carbocycles. The number of aromatic nitrogens is 1. The van der Waals surface area contributed by atoms with Gasteiger partial charge in [0.25, 0.3) is 5.91 Å². The molecule has 2 rings (SSSR count). The maximum Gasteiger partial charge on any atom is 0.268 e. The molecule has 1 saturated heterocycles. The van der Waals surface area contributed by atoms with Gasteiger partial charge in [0.15, 0.2) is 0 Å². The number of carbonyl (C=O) groups excluding carboxylic acids is 1. The van der Waals surface area contributed by atoms with Gasteiger partial charge in [-0.3, -0.25) is 4.79 Å². The standard InChI is InChI=1S/C16H28N4O3S/c1-12-6-5-7-20(9-12)24(22,23)13-8-14(19(4)10-13)15(21)18-11-16(2,3)17/h8,10,12H,5-7,9,11,17H2,1-4H3,(H,18,21). The molecule has 1 aliphatic rings. The lowest BCUT2D eigenvalue weighted by Gasteiger charge is -2.29. The highest BCUT2D eigenvalue weighted by molar-refractivity contribution is 7.89. The maximum absolute atomic E-state index is 12.8. The van der Waals surface area contributed by atoms with Crippen LogP contribution in [0.2, 0.25) is 0 Å². The Labute approximate surface area is 144 Å². The zero-order chi connectivity index (χ0) is 18.1. The van der Waals surface area contributed by atoms with Crippen LogP contribution in [0.5, 0.6) is 0 Å². The number of sulfonamides is 1. The third-order valence-electron chi connectivity index (χ3n) is 4.17. The summed E-state index contributed by atoms with van der Waals surface area (Å²) in [5.74, 6) is 0.0243. The first kappa shape index (κ1) is 19.0. The Kier molecular flexibility index (Phi) is 5.41. The number of nitrogens with one attached hydrogen (secondary N) is 1. The van der Waals surface area contributed by atoms with Gasteiger partial charge in [-0.25, -0.2) is 8.42 Å². The molecular formula is C16H28N4O3S. The summed E-state index contributed by atoms with van der Waals surface area (Å²) >= 11 is 0. The lowest BCUT2D eigenvalue weighted by atomic mass is 10.0. The Hall–Kier alpha value is -1.38. The SMILES string of the molecule is CC1CCCN(S(=O)(=O)c2cc(C(=O)NCC(C)(C)N)n(C)c2)C1. The number of hydrogen-bond acceptors (Lipinski definition) is 4. The molecule has 2 heterocycles. The van der Waals surface area contributed by atoms with Gasteiger partial charge in [0.05, 0.1) is 0 Å². The first-order valence-corrected chi connectivity index (χ1v) is 9.68. The minimum atomic E-state index is -3.57. The molecule has 8 heteroatoms. The Morgan fingerprint density at radius 3 is 2.71 bits per heavy atom. The second-order valence-electron chi connectivity index (χ2n) is 7.45. The fourth-order valence-corrected chi connectivity index (χ4v) is 4.48. The van der Waals surface area contributed by atoms with E-state index in [0.717, 1.165) is 12.8 Å². The van der Waals surface area contributed by atoms with Crippen LogP contribution in [0.4, 0.5) is 0 Å². The van der Waals surface area contributed by atoms with Crippen molar-refractivity contribution >= 4 is 15.9 Å². The third-order valence-corrected chi connectivity index (χ3v) is 6.01. The molecule has 0 radical (unpaired) electrons. The van der Waals surface area contributed by atoms with E-state index in [4.69, 9.17) is 5.73 Å². The van der Waals surface area contributed by atoms with Crippen LogP contribution >= 0.6 is 0 Å². The lowest BCUT2D eigenvalue weighted by Crippen LogP contribution is -2.45. The lowest BCUT2D eigenvalue weighted by molar-refractivity contribution is 0.0938. The Morgan fingerprint density at radius 2 is 2.12 bits per heavy atom. The summed E-state index contributed by atoms with van der Waals surface area (Å²) in [7, 11) is -1.90. The minimum absolute atomic E-state index is 0.163. The molecule has 1 unspecified atom stereocenters. The van der Waals surface area contributed by atoms with Crippen molar-refractivity contribution in [3.05, 3.63) is 18.0 Å². The molecule has 3 N–H and O–H groups in total. The van der Waals surface area contributed by atoms with Crippen LogP contribution in [0.25, 0.3) is 0 Å². The van der Waals surface area contributed by atoms with Gasteiger partial charge in [0.2, 0.25) is 10.0 Å². The smallest absolute Gasteiger partial charge is 0.268 e. The predicted octanol–water partition coefficient (Wildman–Crippen LogP) is 0.913. The number of rotatable bonds is 5. The summed E-state index contributed by atoms with van der Waals surface area (Å²) in [5.41, 5.74) is 5.64. The van der Waals surface area contributed by atoms with Gasteiger partial charge >= 0.3 is 0 Å². The van der Waals surface area contributed by atoms with Crippen LogP contribution < -0.4 is 11.1 Å². The average Bonchev–Trinajstić information content (AvgIpc) is 2.87. The second-order valence-corrected chi connectivity index (χ2v) is 9.39. The normalized spacial score (nSPS) is 20.1. The van der Waals surface area contributed by atoms with Crippen molar-refractivity contribution < 1.29 is 13.2 Å². The number of nitrogens with two attached hydrogens (primary N) is 1. The molecule has 7 nitrogen and oxygen atoms in total. The van der Waals surface area contributed by atoms with Crippen molar-refractivity contribution in [1.82, 2.24) is 14.2 Å². The van der Waals surface area contributed by atoms with Crippen molar-refractivity contribution in [2.75, 3.05) is 19.6 Å². The summed E-state index contributed by atoms with van der Waals surface area (Å²) in [6.45, 7) is 7.05. The van der Waals surface area contributed by atoms with Crippen molar-refractivity contribution in [1.29, 1.82) is 0 Å². The molecule has 0 spiro atoms. The van der Waals surface area contributed by atoms with E-state index in [1.807, 2.05) is 13.8 Å². The van der Waals surface area contributed by atoms with Gasteiger partial charge < -0.3 is 15.6 Å². The number of hydrogen-bond donors (Lipinski definition) is 2. The van der Waals surface area contributed by atoms with Gasteiger partial charge in [-0.1, -0.05) is 6.92 Å². The summed E-state index contributed by atoms with van der Waals surface area (Å²) in [5, 5.41) is 2.74. The number of amides is 1. The Balaban J connectivity index is 2.19. The van der Waals surface area contributed by atoms with E-state index in [0.29, 0.717) is 31.2 Å². The second kappa shape index (κ2) is 6.85. The fraction of sp³-hybridized carbons (Fsp3) is 0.688. The van der Waals surface area contributed by atoms with E-state index < -0.39 is 15.6 Å². The van der Waals surface area contributed by atoms with Crippen molar-refractivity contribution in [3.8, 4) is 0 Å². The zero-order valence-corrected chi connectivity index (χ0v) is 15.7. The Morgan fingerprint density at radius 1 is 1.46 bits per heavy atom. The highest BCUT2D eigenvalue weighted by atomic mass is 32.2. The minimum Gasteiger partial charge on any atom is -0.349 e. The Bertz CT molecular complexity index is 703. The van der Waals surface area contributed by atoms with Gasteiger partial charge in [0.1, 0.15) is 10.6 Å². The fourth-order valence-electron chi connectivity index (χ4n) is 2.81. The van der Waals surface area contributed by atoms with Gasteiger partial charge in [-0.05, 0) is 38.7 Å². The average molecular weight is 356 g/mol. The van der Waals surface area contributed by atoms with Crippen molar-refractivity contribution in [2.24, 2.45) is 18.7 Å². The van der Waals surface area contributed by atoms with Gasteiger partial charge in [-0.2, -0.15) is 4.31 Å². The molecule has 24 heavy (non-hydrogen) atoms. The monoisotopic (exact) mass is 356 g/mol. The van der Waals surface area contributed by atoms with Crippen LogP contribution in [0.15, 0.2) is 17.2 Å². The van der Waals surface area contributed by atoms with E-state index in [1.54, 1.807) is 11.6 Å². The molecule has 0 aromatic carbocycles. The third kappa shape index (κ3) is 4.37. The summed E-state index contributed by atoms with van der Waals surface area (Å²) in [6.07, 6.45) is 3.41. The molecule has 1 aliphatic heterocycles. The molecule has 1 aromatic rings. The van der Waals surface area contributed by atoms with E-state index in [9.17, 15) is 13.2 Å². The van der Waals surface area contributed by atoms with E-state index in [-0.39, 0.29) is 10.8 Å². The van der Waals surface area contributed by atoms with Crippen LogP contribution in [0.3, 0.4) is 0 Å². The number of aryl methyl sites for hydroxylation is 1. The van der Waals surface area contributed by atoms with Crippen LogP contribution in [-0.4, -0.2) is 48.4 Å². The highest BCUT2D eigenvalue weighted by Crippen LogP contribution is 2.24.